The maximum Gasteiger partial charge on any atom is 0.392 e. The fourth-order valence-electron chi connectivity index (χ4n) is 2.69. The Kier molecular flexibility index (Phi) is 4.91. The highest BCUT2D eigenvalue weighted by Crippen LogP contribution is 2.35. The molecular formula is C15H20F3NO. The Bertz CT molecular complexity index is 445. The van der Waals surface area contributed by atoms with Crippen LogP contribution in [0.3, 0.4) is 0 Å². The molecule has 0 spiro atoms. The Labute approximate surface area is 117 Å². The van der Waals surface area contributed by atoms with Crippen LogP contribution < -0.4 is 10.1 Å². The van der Waals surface area contributed by atoms with Gasteiger partial charge in [-0.15, -0.1) is 0 Å². The fourth-order valence-corrected chi connectivity index (χ4v) is 2.69. The summed E-state index contributed by atoms with van der Waals surface area (Å²) in [6, 6.07) is 5.95. The van der Waals surface area contributed by atoms with Gasteiger partial charge < -0.3 is 10.1 Å². The Morgan fingerprint density at radius 1 is 1.35 bits per heavy atom. The second-order valence-corrected chi connectivity index (χ2v) is 5.04. The molecule has 0 fully saturated rings. The number of benzene rings is 1. The number of fused-ring (bicyclic) bond motifs is 1. The number of halogens is 3. The van der Waals surface area contributed by atoms with Gasteiger partial charge in [0.15, 0.2) is 0 Å². The zero-order chi connectivity index (χ0) is 14.6. The summed E-state index contributed by atoms with van der Waals surface area (Å²) in [6.07, 6.45) is -2.11. The van der Waals surface area contributed by atoms with Crippen molar-refractivity contribution < 1.29 is 17.9 Å². The lowest BCUT2D eigenvalue weighted by Crippen LogP contribution is -2.25. The first-order valence-electron chi connectivity index (χ1n) is 7.06. The first-order valence-corrected chi connectivity index (χ1v) is 7.06. The number of hydrogen-bond acceptors (Lipinski definition) is 2. The second-order valence-electron chi connectivity index (χ2n) is 5.04. The van der Waals surface area contributed by atoms with Gasteiger partial charge in [-0.05, 0) is 43.0 Å². The van der Waals surface area contributed by atoms with Crippen molar-refractivity contribution in [3.8, 4) is 5.75 Å². The number of hydrogen-bond donors (Lipinski definition) is 1. The molecule has 112 valence electrons. The molecule has 0 radical (unpaired) electrons. The van der Waals surface area contributed by atoms with Crippen molar-refractivity contribution in [1.29, 1.82) is 0 Å². The molecule has 2 nitrogen and oxygen atoms in total. The number of ether oxygens (including phenoxy) is 1. The van der Waals surface area contributed by atoms with Crippen molar-refractivity contribution in [1.82, 2.24) is 5.32 Å². The van der Waals surface area contributed by atoms with Gasteiger partial charge >= 0.3 is 6.18 Å². The molecule has 0 aromatic heterocycles. The molecular weight excluding hydrogens is 267 g/mol. The van der Waals surface area contributed by atoms with Crippen molar-refractivity contribution in [3.63, 3.8) is 0 Å². The quantitative estimate of drug-likeness (QED) is 0.883. The highest BCUT2D eigenvalue weighted by atomic mass is 19.4. The van der Waals surface area contributed by atoms with E-state index in [9.17, 15) is 13.2 Å². The Morgan fingerprint density at radius 3 is 2.85 bits per heavy atom. The van der Waals surface area contributed by atoms with E-state index in [0.717, 1.165) is 31.4 Å². The molecule has 0 saturated heterocycles. The minimum Gasteiger partial charge on any atom is -0.493 e. The lowest BCUT2D eigenvalue weighted by atomic mass is 9.87. The van der Waals surface area contributed by atoms with Gasteiger partial charge in [0.25, 0.3) is 0 Å². The van der Waals surface area contributed by atoms with Crippen LogP contribution in [0.1, 0.15) is 43.4 Å². The van der Waals surface area contributed by atoms with Gasteiger partial charge in [0.2, 0.25) is 0 Å². The minimum atomic E-state index is -4.17. The zero-order valence-corrected chi connectivity index (χ0v) is 11.6. The lowest BCUT2D eigenvalue weighted by molar-refractivity contribution is -0.139. The molecule has 1 aliphatic carbocycles. The van der Waals surface area contributed by atoms with Crippen LogP contribution in [0.15, 0.2) is 18.2 Å². The normalized spacial score (nSPS) is 18.7. The summed E-state index contributed by atoms with van der Waals surface area (Å²) in [4.78, 5) is 0. The van der Waals surface area contributed by atoms with Crippen molar-refractivity contribution in [2.45, 2.75) is 44.8 Å². The highest BCUT2D eigenvalue weighted by molar-refractivity contribution is 5.43. The number of rotatable bonds is 5. The molecule has 0 saturated carbocycles. The largest absolute Gasteiger partial charge is 0.493 e. The first kappa shape index (κ1) is 15.2. The molecule has 1 aromatic carbocycles. The van der Waals surface area contributed by atoms with E-state index in [0.29, 0.717) is 5.75 Å². The predicted octanol–water partition coefficient (Wildman–Crippen LogP) is 4.00. The number of alkyl halides is 3. The van der Waals surface area contributed by atoms with Gasteiger partial charge in [0.05, 0.1) is 13.0 Å². The van der Waals surface area contributed by atoms with Crippen LogP contribution in [-0.4, -0.2) is 19.3 Å². The third kappa shape index (κ3) is 3.88. The molecule has 0 amide bonds. The van der Waals surface area contributed by atoms with Gasteiger partial charge in [0.1, 0.15) is 5.75 Å². The van der Waals surface area contributed by atoms with Gasteiger partial charge in [-0.2, -0.15) is 13.2 Å². The van der Waals surface area contributed by atoms with Crippen molar-refractivity contribution >= 4 is 0 Å². The number of nitrogens with one attached hydrogen (secondary N) is 1. The molecule has 5 heteroatoms. The summed E-state index contributed by atoms with van der Waals surface area (Å²) in [6.45, 7) is 2.62. The topological polar surface area (TPSA) is 21.3 Å². The summed E-state index contributed by atoms with van der Waals surface area (Å²) < 4.78 is 41.9. The van der Waals surface area contributed by atoms with Gasteiger partial charge in [-0.3, -0.25) is 0 Å². The summed E-state index contributed by atoms with van der Waals surface area (Å²) >= 11 is 0. The van der Waals surface area contributed by atoms with E-state index in [4.69, 9.17) is 4.74 Å². The molecule has 1 atom stereocenters. The zero-order valence-electron chi connectivity index (χ0n) is 11.6. The second kappa shape index (κ2) is 6.48. The van der Waals surface area contributed by atoms with Crippen molar-refractivity contribution in [2.24, 2.45) is 0 Å². The monoisotopic (exact) mass is 287 g/mol. The smallest absolute Gasteiger partial charge is 0.392 e. The first-order chi connectivity index (χ1) is 9.51. The van der Waals surface area contributed by atoms with E-state index in [-0.39, 0.29) is 12.6 Å². The maximum atomic E-state index is 12.2. The van der Waals surface area contributed by atoms with Crippen molar-refractivity contribution in [2.75, 3.05) is 13.2 Å². The fraction of sp³-hybridized carbons (Fsp3) is 0.600. The van der Waals surface area contributed by atoms with Crippen LogP contribution >= 0.6 is 0 Å². The van der Waals surface area contributed by atoms with Gasteiger partial charge in [-0.1, -0.05) is 19.1 Å². The molecule has 1 aromatic rings. The van der Waals surface area contributed by atoms with Crippen LogP contribution in [0.5, 0.6) is 5.75 Å². The molecule has 1 unspecified atom stereocenters. The van der Waals surface area contributed by atoms with Crippen LogP contribution in [0.2, 0.25) is 0 Å². The summed E-state index contributed by atoms with van der Waals surface area (Å²) in [7, 11) is 0. The molecule has 20 heavy (non-hydrogen) atoms. The lowest BCUT2D eigenvalue weighted by Gasteiger charge is -2.27. The van der Waals surface area contributed by atoms with E-state index in [1.54, 1.807) is 6.07 Å². The van der Waals surface area contributed by atoms with Crippen LogP contribution in [-0.2, 0) is 6.42 Å². The molecule has 0 bridgehead atoms. The van der Waals surface area contributed by atoms with Crippen LogP contribution in [0.4, 0.5) is 13.2 Å². The average molecular weight is 287 g/mol. The van der Waals surface area contributed by atoms with Crippen molar-refractivity contribution in [3.05, 3.63) is 29.3 Å². The van der Waals surface area contributed by atoms with Gasteiger partial charge in [-0.25, -0.2) is 0 Å². The van der Waals surface area contributed by atoms with E-state index < -0.39 is 12.6 Å². The summed E-state index contributed by atoms with van der Waals surface area (Å²) in [5.41, 5.74) is 2.23. The SMILES string of the molecule is CCNC1CCCc2c(OCCC(F)(F)F)cccc21. The Balaban J connectivity index is 2.09. The predicted molar refractivity (Wildman–Crippen MR) is 72.0 cm³/mol. The van der Waals surface area contributed by atoms with E-state index in [2.05, 4.69) is 12.2 Å². The third-order valence-electron chi connectivity index (χ3n) is 3.56. The minimum absolute atomic E-state index is 0.287. The van der Waals surface area contributed by atoms with E-state index >= 15 is 0 Å². The standard InChI is InChI=1S/C15H20F3NO/c1-2-19-13-7-3-6-12-11(13)5-4-8-14(12)20-10-9-15(16,17)18/h4-5,8,13,19H,2-3,6-7,9-10H2,1H3. The Hall–Kier alpha value is -1.23. The van der Waals surface area contributed by atoms with Crippen LogP contribution in [0.25, 0.3) is 0 Å². The van der Waals surface area contributed by atoms with E-state index in [1.807, 2.05) is 12.1 Å². The summed E-state index contributed by atoms with van der Waals surface area (Å²) in [5.74, 6) is 0.606. The molecule has 1 aliphatic rings. The molecule has 2 rings (SSSR count). The van der Waals surface area contributed by atoms with E-state index in [1.165, 1.54) is 5.56 Å². The average Bonchev–Trinajstić information content (AvgIpc) is 2.38. The summed E-state index contributed by atoms with van der Waals surface area (Å²) in [5, 5.41) is 3.41. The molecule has 1 N–H and O–H groups in total. The third-order valence-corrected chi connectivity index (χ3v) is 3.56. The molecule has 0 aliphatic heterocycles. The van der Waals surface area contributed by atoms with Gasteiger partial charge in [0, 0.05) is 6.04 Å². The highest BCUT2D eigenvalue weighted by Gasteiger charge is 2.27. The Morgan fingerprint density at radius 2 is 2.15 bits per heavy atom. The van der Waals surface area contributed by atoms with Crippen LogP contribution in [0, 0.1) is 0 Å². The maximum absolute atomic E-state index is 12.2. The molecule has 0 heterocycles.